The number of sulfonamides is 1. The number of likely N-dealkylation sites (tertiary alicyclic amines) is 1. The van der Waals surface area contributed by atoms with E-state index < -0.39 is 10.0 Å². The SMILES string of the molecule is Cc1nc(N[C@@H]2CCN(CC3CCCC3)C2)sc1S(N)(=O)=O. The van der Waals surface area contributed by atoms with Crippen molar-refractivity contribution in [3.8, 4) is 0 Å². The molecule has 3 N–H and O–H groups in total. The Balaban J connectivity index is 1.56. The largest absolute Gasteiger partial charge is 0.357 e. The second kappa shape index (κ2) is 6.43. The summed E-state index contributed by atoms with van der Waals surface area (Å²) >= 11 is 1.13. The predicted molar refractivity (Wildman–Crippen MR) is 88.6 cm³/mol. The molecule has 0 spiro atoms. The Kier molecular flexibility index (Phi) is 4.72. The predicted octanol–water partition coefficient (Wildman–Crippen LogP) is 1.78. The summed E-state index contributed by atoms with van der Waals surface area (Å²) in [6, 6.07) is 0.347. The molecule has 0 amide bonds. The van der Waals surface area contributed by atoms with Gasteiger partial charge < -0.3 is 10.2 Å². The van der Waals surface area contributed by atoms with Crippen LogP contribution in [0, 0.1) is 12.8 Å². The van der Waals surface area contributed by atoms with Gasteiger partial charge in [0.2, 0.25) is 10.0 Å². The molecule has 1 saturated heterocycles. The number of nitrogens with one attached hydrogen (secondary N) is 1. The van der Waals surface area contributed by atoms with E-state index in [1.807, 2.05) is 0 Å². The van der Waals surface area contributed by atoms with Crippen molar-refractivity contribution in [2.24, 2.45) is 11.1 Å². The highest BCUT2D eigenvalue weighted by Crippen LogP contribution is 2.29. The van der Waals surface area contributed by atoms with E-state index in [0.29, 0.717) is 16.9 Å². The Hall–Kier alpha value is -0.700. The van der Waals surface area contributed by atoms with Crippen molar-refractivity contribution in [3.05, 3.63) is 5.69 Å². The fraction of sp³-hybridized carbons (Fsp3) is 0.786. The van der Waals surface area contributed by atoms with Crippen LogP contribution >= 0.6 is 11.3 Å². The Morgan fingerprint density at radius 1 is 1.36 bits per heavy atom. The number of hydrogen-bond acceptors (Lipinski definition) is 6. The molecule has 2 fully saturated rings. The van der Waals surface area contributed by atoms with Gasteiger partial charge in [0.15, 0.2) is 9.34 Å². The number of aromatic nitrogens is 1. The van der Waals surface area contributed by atoms with Crippen LogP contribution in [0.2, 0.25) is 0 Å². The smallest absolute Gasteiger partial charge is 0.249 e. The molecule has 1 aromatic rings. The number of anilines is 1. The zero-order chi connectivity index (χ0) is 15.7. The van der Waals surface area contributed by atoms with Crippen LogP contribution in [-0.2, 0) is 10.0 Å². The maximum atomic E-state index is 11.5. The Morgan fingerprint density at radius 2 is 2.09 bits per heavy atom. The van der Waals surface area contributed by atoms with Gasteiger partial charge in [-0.15, -0.1) is 0 Å². The van der Waals surface area contributed by atoms with Crippen LogP contribution in [0.3, 0.4) is 0 Å². The van der Waals surface area contributed by atoms with Crippen LogP contribution in [0.5, 0.6) is 0 Å². The average Bonchev–Trinajstić information content (AvgIpc) is 3.12. The first-order valence-electron chi connectivity index (χ1n) is 7.91. The molecule has 8 heteroatoms. The normalized spacial score (nSPS) is 24.2. The molecule has 1 saturated carbocycles. The van der Waals surface area contributed by atoms with E-state index >= 15 is 0 Å². The van der Waals surface area contributed by atoms with Crippen molar-refractivity contribution < 1.29 is 8.42 Å². The molecular formula is C14H24N4O2S2. The molecule has 0 bridgehead atoms. The van der Waals surface area contributed by atoms with Gasteiger partial charge in [0, 0.05) is 25.7 Å². The van der Waals surface area contributed by atoms with Crippen molar-refractivity contribution in [2.75, 3.05) is 25.0 Å². The fourth-order valence-corrected chi connectivity index (χ4v) is 5.49. The topological polar surface area (TPSA) is 88.3 Å². The first kappa shape index (κ1) is 16.2. The van der Waals surface area contributed by atoms with Crippen LogP contribution in [0.4, 0.5) is 5.13 Å². The van der Waals surface area contributed by atoms with E-state index in [4.69, 9.17) is 5.14 Å². The highest BCUT2D eigenvalue weighted by molar-refractivity contribution is 7.91. The molecule has 0 unspecified atom stereocenters. The van der Waals surface area contributed by atoms with Gasteiger partial charge in [0.05, 0.1) is 5.69 Å². The van der Waals surface area contributed by atoms with Crippen molar-refractivity contribution in [2.45, 2.75) is 49.3 Å². The lowest BCUT2D eigenvalue weighted by Crippen LogP contribution is -2.29. The molecule has 0 aromatic carbocycles. The molecule has 1 aliphatic carbocycles. The summed E-state index contributed by atoms with van der Waals surface area (Å²) in [4.78, 5) is 6.82. The third-order valence-electron chi connectivity index (χ3n) is 4.60. The molecule has 1 aromatic heterocycles. The molecule has 1 atom stereocenters. The van der Waals surface area contributed by atoms with Gasteiger partial charge in [-0.25, -0.2) is 18.5 Å². The molecular weight excluding hydrogens is 320 g/mol. The van der Waals surface area contributed by atoms with E-state index in [2.05, 4.69) is 15.2 Å². The van der Waals surface area contributed by atoms with Gasteiger partial charge in [-0.05, 0) is 32.1 Å². The molecule has 3 rings (SSSR count). The third kappa shape index (κ3) is 3.79. The van der Waals surface area contributed by atoms with Crippen molar-refractivity contribution in [1.29, 1.82) is 0 Å². The van der Waals surface area contributed by atoms with Crippen LogP contribution in [0.15, 0.2) is 4.21 Å². The molecule has 6 nitrogen and oxygen atoms in total. The molecule has 0 radical (unpaired) electrons. The average molecular weight is 345 g/mol. The lowest BCUT2D eigenvalue weighted by molar-refractivity contribution is 0.278. The minimum absolute atomic E-state index is 0.163. The Morgan fingerprint density at radius 3 is 2.73 bits per heavy atom. The molecule has 124 valence electrons. The summed E-state index contributed by atoms with van der Waals surface area (Å²) < 4.78 is 23.1. The minimum Gasteiger partial charge on any atom is -0.357 e. The van der Waals surface area contributed by atoms with Crippen molar-refractivity contribution >= 4 is 26.5 Å². The summed E-state index contributed by atoms with van der Waals surface area (Å²) in [7, 11) is -3.67. The third-order valence-corrected chi connectivity index (χ3v) is 7.25. The van der Waals surface area contributed by atoms with Gasteiger partial charge in [0.1, 0.15) is 0 Å². The summed E-state index contributed by atoms with van der Waals surface area (Å²) in [5.41, 5.74) is 0.482. The first-order chi connectivity index (χ1) is 10.4. The lowest BCUT2D eigenvalue weighted by Gasteiger charge is -2.20. The van der Waals surface area contributed by atoms with Gasteiger partial charge in [-0.2, -0.15) is 0 Å². The van der Waals surface area contributed by atoms with Crippen LogP contribution in [0.1, 0.15) is 37.8 Å². The number of nitrogens with zero attached hydrogens (tertiary/aromatic N) is 2. The molecule has 22 heavy (non-hydrogen) atoms. The van der Waals surface area contributed by atoms with Crippen molar-refractivity contribution in [1.82, 2.24) is 9.88 Å². The van der Waals surface area contributed by atoms with Crippen LogP contribution < -0.4 is 10.5 Å². The van der Waals surface area contributed by atoms with E-state index in [9.17, 15) is 8.42 Å². The quantitative estimate of drug-likeness (QED) is 0.850. The highest BCUT2D eigenvalue weighted by Gasteiger charge is 2.27. The maximum absolute atomic E-state index is 11.5. The summed E-state index contributed by atoms with van der Waals surface area (Å²) in [6.07, 6.45) is 6.59. The first-order valence-corrected chi connectivity index (χ1v) is 10.3. The Bertz CT molecular complexity index is 623. The maximum Gasteiger partial charge on any atom is 0.249 e. The van der Waals surface area contributed by atoms with Gasteiger partial charge in [-0.3, -0.25) is 0 Å². The number of thiazole rings is 1. The van der Waals surface area contributed by atoms with Crippen LogP contribution in [0.25, 0.3) is 0 Å². The van der Waals surface area contributed by atoms with E-state index in [-0.39, 0.29) is 4.21 Å². The zero-order valence-corrected chi connectivity index (χ0v) is 14.5. The molecule has 1 aliphatic heterocycles. The number of nitrogens with two attached hydrogens (primary N) is 1. The summed E-state index contributed by atoms with van der Waals surface area (Å²) in [6.45, 7) is 5.01. The summed E-state index contributed by atoms with van der Waals surface area (Å²) in [5.74, 6) is 0.870. The van der Waals surface area contributed by atoms with E-state index in [0.717, 1.165) is 36.8 Å². The minimum atomic E-state index is -3.67. The number of hydrogen-bond donors (Lipinski definition) is 2. The summed E-state index contributed by atoms with van der Waals surface area (Å²) in [5, 5.41) is 9.24. The fourth-order valence-electron chi connectivity index (χ4n) is 3.56. The highest BCUT2D eigenvalue weighted by atomic mass is 32.2. The number of rotatable bonds is 5. The molecule has 2 heterocycles. The van der Waals surface area contributed by atoms with Gasteiger partial charge in [-0.1, -0.05) is 24.2 Å². The van der Waals surface area contributed by atoms with Crippen molar-refractivity contribution in [3.63, 3.8) is 0 Å². The van der Waals surface area contributed by atoms with E-state index in [1.165, 1.54) is 32.2 Å². The van der Waals surface area contributed by atoms with E-state index in [1.54, 1.807) is 6.92 Å². The second-order valence-electron chi connectivity index (χ2n) is 6.48. The second-order valence-corrected chi connectivity index (χ2v) is 9.23. The number of primary sulfonamides is 1. The monoisotopic (exact) mass is 344 g/mol. The lowest BCUT2D eigenvalue weighted by atomic mass is 10.1. The number of aryl methyl sites for hydroxylation is 1. The van der Waals surface area contributed by atoms with Crippen LogP contribution in [-0.4, -0.2) is 44.0 Å². The Labute approximate surface area is 136 Å². The van der Waals surface area contributed by atoms with Gasteiger partial charge >= 0.3 is 0 Å². The molecule has 2 aliphatic rings. The zero-order valence-electron chi connectivity index (χ0n) is 12.9. The van der Waals surface area contributed by atoms with Gasteiger partial charge in [0.25, 0.3) is 0 Å². The standard InChI is InChI=1S/C14H24N4O2S2/c1-10-13(22(15,19)20)21-14(16-10)17-12-6-7-18(9-12)8-11-4-2-3-5-11/h11-12H,2-9H2,1H3,(H,16,17)(H2,15,19,20)/t12-/m1/s1.